The highest BCUT2D eigenvalue weighted by Crippen LogP contribution is 2.34. The number of amides is 1. The number of rotatable bonds is 4. The van der Waals surface area contributed by atoms with E-state index in [1.165, 1.54) is 36.4 Å². The van der Waals surface area contributed by atoms with Crippen LogP contribution >= 0.6 is 23.2 Å². The second-order valence-corrected chi connectivity index (χ2v) is 8.45. The number of nitrogens with one attached hydrogen (secondary N) is 1. The minimum atomic E-state index is -4.07. The fourth-order valence-electron chi connectivity index (χ4n) is 2.54. The summed E-state index contributed by atoms with van der Waals surface area (Å²) in [6.45, 7) is 0.0188. The van der Waals surface area contributed by atoms with Crippen LogP contribution in [0.2, 0.25) is 10.0 Å². The first kappa shape index (κ1) is 19.5. The van der Waals surface area contributed by atoms with Crippen LogP contribution in [0.25, 0.3) is 0 Å². The maximum Gasteiger partial charge on any atom is 0.247 e. The van der Waals surface area contributed by atoms with Crippen molar-refractivity contribution in [1.82, 2.24) is 9.62 Å². The minimum Gasteiger partial charge on any atom is -0.456 e. The lowest BCUT2D eigenvalue weighted by atomic mass is 10.2. The van der Waals surface area contributed by atoms with E-state index in [9.17, 15) is 13.2 Å². The van der Waals surface area contributed by atoms with Gasteiger partial charge in [0.25, 0.3) is 0 Å². The van der Waals surface area contributed by atoms with Crippen molar-refractivity contribution < 1.29 is 17.9 Å². The number of benzene rings is 2. The fourth-order valence-corrected chi connectivity index (χ4v) is 4.58. The van der Waals surface area contributed by atoms with E-state index in [4.69, 9.17) is 33.2 Å². The molecule has 1 heterocycles. The van der Waals surface area contributed by atoms with E-state index in [1.807, 2.05) is 6.07 Å². The molecular formula is C17H13Cl2N3O4S. The molecule has 7 nitrogen and oxygen atoms in total. The lowest BCUT2D eigenvalue weighted by Crippen LogP contribution is -2.49. The third-order valence-electron chi connectivity index (χ3n) is 3.76. The summed E-state index contributed by atoms with van der Waals surface area (Å²) in [5.74, 6) is -0.159. The van der Waals surface area contributed by atoms with E-state index in [0.29, 0.717) is 10.0 Å². The third-order valence-corrected chi connectivity index (χ3v) is 6.06. The summed E-state index contributed by atoms with van der Waals surface area (Å²) < 4.78 is 32.8. The average Bonchev–Trinajstić information content (AvgIpc) is 2.61. The normalized spacial score (nSPS) is 15.1. The van der Waals surface area contributed by atoms with Gasteiger partial charge in [-0.3, -0.25) is 4.79 Å². The smallest absolute Gasteiger partial charge is 0.247 e. The van der Waals surface area contributed by atoms with Gasteiger partial charge in [-0.15, -0.1) is 0 Å². The first-order valence-electron chi connectivity index (χ1n) is 7.74. The molecule has 1 aliphatic rings. The Morgan fingerprint density at radius 2 is 1.85 bits per heavy atom. The van der Waals surface area contributed by atoms with Gasteiger partial charge >= 0.3 is 0 Å². The molecule has 27 heavy (non-hydrogen) atoms. The highest BCUT2D eigenvalue weighted by molar-refractivity contribution is 7.89. The zero-order valence-electron chi connectivity index (χ0n) is 13.8. The van der Waals surface area contributed by atoms with Crippen molar-refractivity contribution in [2.45, 2.75) is 4.90 Å². The molecule has 2 aromatic rings. The Morgan fingerprint density at radius 1 is 1.15 bits per heavy atom. The molecule has 0 radical (unpaired) electrons. The number of hydrogen-bond acceptors (Lipinski definition) is 5. The van der Waals surface area contributed by atoms with Gasteiger partial charge in [0.05, 0.1) is 18.2 Å². The molecular weight excluding hydrogens is 413 g/mol. The maximum absolute atomic E-state index is 13.1. The van der Waals surface area contributed by atoms with Crippen LogP contribution in [-0.4, -0.2) is 38.3 Å². The zero-order chi connectivity index (χ0) is 19.6. The molecule has 2 aromatic carbocycles. The summed E-state index contributed by atoms with van der Waals surface area (Å²) in [6.07, 6.45) is 0. The molecule has 3 rings (SSSR count). The minimum absolute atomic E-state index is 0.00156. The van der Waals surface area contributed by atoms with Crippen LogP contribution in [0.15, 0.2) is 41.3 Å². The van der Waals surface area contributed by atoms with E-state index >= 15 is 0 Å². The first-order chi connectivity index (χ1) is 12.8. The standard InChI is InChI=1S/C17H13Cl2N3O4S/c18-12-6-13(19)8-14(7-12)26-15-2-1-11(9-20)5-16(15)27(24,25)22-4-3-21-17(23)10-22/h1-2,5-8H,3-4,10H2,(H,21,23). The predicted molar refractivity (Wildman–Crippen MR) is 99.5 cm³/mol. The maximum atomic E-state index is 13.1. The molecule has 0 aromatic heterocycles. The van der Waals surface area contributed by atoms with Crippen LogP contribution in [0, 0.1) is 11.3 Å². The summed E-state index contributed by atoms with van der Waals surface area (Å²) in [5.41, 5.74) is 0.145. The van der Waals surface area contributed by atoms with Gasteiger partial charge in [-0.05, 0) is 36.4 Å². The lowest BCUT2D eigenvalue weighted by molar-refractivity contribution is -0.122. The first-order valence-corrected chi connectivity index (χ1v) is 9.94. The van der Waals surface area contributed by atoms with E-state index in [-0.39, 0.29) is 41.6 Å². The SMILES string of the molecule is N#Cc1ccc(Oc2cc(Cl)cc(Cl)c2)c(S(=O)(=O)N2CCNC(=O)C2)c1. The van der Waals surface area contributed by atoms with Crippen molar-refractivity contribution >= 4 is 39.1 Å². The topological polar surface area (TPSA) is 99.5 Å². The van der Waals surface area contributed by atoms with Crippen molar-refractivity contribution in [2.24, 2.45) is 0 Å². The molecule has 0 saturated carbocycles. The number of halogens is 2. The Hall–Kier alpha value is -2.31. The molecule has 0 aliphatic carbocycles. The van der Waals surface area contributed by atoms with Crippen molar-refractivity contribution in [1.29, 1.82) is 5.26 Å². The van der Waals surface area contributed by atoms with E-state index in [1.54, 1.807) is 0 Å². The van der Waals surface area contributed by atoms with Gasteiger partial charge in [-0.25, -0.2) is 8.42 Å². The van der Waals surface area contributed by atoms with Crippen LogP contribution in [-0.2, 0) is 14.8 Å². The van der Waals surface area contributed by atoms with Gasteiger partial charge in [-0.1, -0.05) is 23.2 Å². The number of hydrogen-bond donors (Lipinski definition) is 1. The van der Waals surface area contributed by atoms with Crippen LogP contribution in [0.3, 0.4) is 0 Å². The van der Waals surface area contributed by atoms with E-state index in [0.717, 1.165) is 4.31 Å². The number of carbonyl (C=O) groups excluding carboxylic acids is 1. The Morgan fingerprint density at radius 3 is 2.48 bits per heavy atom. The number of nitrogens with zero attached hydrogens (tertiary/aromatic N) is 2. The molecule has 1 saturated heterocycles. The zero-order valence-corrected chi connectivity index (χ0v) is 16.1. The highest BCUT2D eigenvalue weighted by Gasteiger charge is 2.32. The molecule has 1 amide bonds. The van der Waals surface area contributed by atoms with Gasteiger partial charge in [-0.2, -0.15) is 9.57 Å². The Labute approximate surface area is 166 Å². The monoisotopic (exact) mass is 425 g/mol. The second kappa shape index (κ2) is 7.74. The molecule has 0 unspecified atom stereocenters. The number of piperazine rings is 1. The van der Waals surface area contributed by atoms with Gasteiger partial charge in [0.2, 0.25) is 15.9 Å². The molecule has 1 N–H and O–H groups in total. The Balaban J connectivity index is 2.05. The van der Waals surface area contributed by atoms with Crippen LogP contribution in [0.5, 0.6) is 11.5 Å². The van der Waals surface area contributed by atoms with E-state index < -0.39 is 15.9 Å². The highest BCUT2D eigenvalue weighted by atomic mass is 35.5. The van der Waals surface area contributed by atoms with Crippen LogP contribution in [0.1, 0.15) is 5.56 Å². The number of sulfonamides is 1. The molecule has 140 valence electrons. The van der Waals surface area contributed by atoms with Crippen molar-refractivity contribution in [3.8, 4) is 17.6 Å². The van der Waals surface area contributed by atoms with Gasteiger partial charge < -0.3 is 10.1 Å². The van der Waals surface area contributed by atoms with Crippen molar-refractivity contribution in [3.05, 3.63) is 52.0 Å². The molecule has 1 fully saturated rings. The largest absolute Gasteiger partial charge is 0.456 e. The summed E-state index contributed by atoms with van der Waals surface area (Å²) in [5, 5.41) is 12.3. The number of carbonyl (C=O) groups is 1. The summed E-state index contributed by atoms with van der Waals surface area (Å²) in [4.78, 5) is 11.4. The predicted octanol–water partition coefficient (Wildman–Crippen LogP) is 2.78. The van der Waals surface area contributed by atoms with Gasteiger partial charge in [0, 0.05) is 23.1 Å². The quantitative estimate of drug-likeness (QED) is 0.811. The van der Waals surface area contributed by atoms with Gasteiger partial charge in [0.15, 0.2) is 0 Å². The Bertz CT molecular complexity index is 1030. The van der Waals surface area contributed by atoms with Crippen molar-refractivity contribution in [2.75, 3.05) is 19.6 Å². The number of nitriles is 1. The third kappa shape index (κ3) is 4.34. The average molecular weight is 426 g/mol. The van der Waals surface area contributed by atoms with Crippen molar-refractivity contribution in [3.63, 3.8) is 0 Å². The second-order valence-electron chi connectivity index (χ2n) is 5.67. The van der Waals surface area contributed by atoms with Gasteiger partial charge in [0.1, 0.15) is 16.4 Å². The summed E-state index contributed by atoms with van der Waals surface area (Å²) >= 11 is 11.9. The lowest BCUT2D eigenvalue weighted by Gasteiger charge is -2.26. The van der Waals surface area contributed by atoms with Crippen LogP contribution < -0.4 is 10.1 Å². The van der Waals surface area contributed by atoms with Crippen LogP contribution in [0.4, 0.5) is 0 Å². The molecule has 0 spiro atoms. The summed E-state index contributed by atoms with van der Waals surface area (Å²) in [6, 6.07) is 10.4. The fraction of sp³-hybridized carbons (Fsp3) is 0.176. The van der Waals surface area contributed by atoms with E-state index in [2.05, 4.69) is 5.32 Å². The Kier molecular flexibility index (Phi) is 5.58. The molecule has 0 bridgehead atoms. The molecule has 0 atom stereocenters. The summed E-state index contributed by atoms with van der Waals surface area (Å²) in [7, 11) is -4.07. The number of ether oxygens (including phenoxy) is 1. The molecule has 1 aliphatic heterocycles. The molecule has 10 heteroatoms.